The fraction of sp³-hybridized carbons (Fsp3) is 0. The first-order valence-corrected chi connectivity index (χ1v) is 6.53. The molecule has 0 atom stereocenters. The molecule has 0 aliphatic carbocycles. The summed E-state index contributed by atoms with van der Waals surface area (Å²) in [6, 6.07) is 18.1. The molecular formula is C17H14N2O2. The van der Waals surface area contributed by atoms with E-state index in [1.165, 1.54) is 6.07 Å². The van der Waals surface area contributed by atoms with Crippen molar-refractivity contribution in [3.8, 4) is 5.75 Å². The summed E-state index contributed by atoms with van der Waals surface area (Å²) in [7, 11) is 0. The lowest BCUT2D eigenvalue weighted by Gasteiger charge is -2.10. The largest absolute Gasteiger partial charge is 0.505 e. The van der Waals surface area contributed by atoms with Crippen LogP contribution in [0.4, 0.5) is 11.4 Å². The number of fused-ring (bicyclic) bond motifs is 1. The Hall–Kier alpha value is -3.01. The Morgan fingerprint density at radius 2 is 1.67 bits per heavy atom. The molecule has 0 radical (unpaired) electrons. The van der Waals surface area contributed by atoms with E-state index in [1.54, 1.807) is 12.1 Å². The van der Waals surface area contributed by atoms with E-state index in [0.29, 0.717) is 5.69 Å². The van der Waals surface area contributed by atoms with Crippen molar-refractivity contribution in [3.05, 3.63) is 66.2 Å². The molecule has 104 valence electrons. The molecule has 0 saturated heterocycles. The summed E-state index contributed by atoms with van der Waals surface area (Å²) in [5.74, 6) is -0.591. The molecule has 0 heterocycles. The van der Waals surface area contributed by atoms with Crippen LogP contribution in [-0.2, 0) is 0 Å². The van der Waals surface area contributed by atoms with Gasteiger partial charge >= 0.3 is 0 Å². The molecule has 0 fully saturated rings. The van der Waals surface area contributed by atoms with E-state index in [0.717, 1.165) is 10.8 Å². The Balaban J connectivity index is 1.99. The maximum absolute atomic E-state index is 12.3. The smallest absolute Gasteiger partial charge is 0.259 e. The van der Waals surface area contributed by atoms with E-state index < -0.39 is 5.91 Å². The number of nitrogens with two attached hydrogens (primary N) is 1. The molecule has 4 N–H and O–H groups in total. The van der Waals surface area contributed by atoms with Crippen LogP contribution in [-0.4, -0.2) is 11.0 Å². The fourth-order valence-electron chi connectivity index (χ4n) is 2.27. The van der Waals surface area contributed by atoms with Crippen LogP contribution in [0.1, 0.15) is 10.4 Å². The Morgan fingerprint density at radius 3 is 2.52 bits per heavy atom. The van der Waals surface area contributed by atoms with Crippen LogP contribution in [0.5, 0.6) is 5.75 Å². The summed E-state index contributed by atoms with van der Waals surface area (Å²) in [5.41, 5.74) is 6.64. The maximum atomic E-state index is 12.3. The van der Waals surface area contributed by atoms with E-state index in [4.69, 9.17) is 5.73 Å². The Morgan fingerprint density at radius 1 is 0.952 bits per heavy atom. The van der Waals surface area contributed by atoms with Crippen molar-refractivity contribution in [2.75, 3.05) is 11.1 Å². The normalized spacial score (nSPS) is 10.5. The van der Waals surface area contributed by atoms with Crippen molar-refractivity contribution in [2.45, 2.75) is 0 Å². The number of hydrogen-bond acceptors (Lipinski definition) is 3. The van der Waals surface area contributed by atoms with Crippen LogP contribution < -0.4 is 11.1 Å². The second kappa shape index (κ2) is 5.17. The van der Waals surface area contributed by atoms with E-state index in [-0.39, 0.29) is 17.0 Å². The Bertz CT molecular complexity index is 823. The number of phenolic OH excluding ortho intramolecular Hbond substituents is 1. The third kappa shape index (κ3) is 2.39. The molecular weight excluding hydrogens is 264 g/mol. The number of carbonyl (C=O) groups is 1. The van der Waals surface area contributed by atoms with Crippen molar-refractivity contribution in [1.29, 1.82) is 0 Å². The monoisotopic (exact) mass is 278 g/mol. The molecule has 0 spiro atoms. The molecule has 3 aromatic rings. The highest BCUT2D eigenvalue weighted by Gasteiger charge is 2.14. The summed E-state index contributed by atoms with van der Waals surface area (Å²) in [6.07, 6.45) is 0. The van der Waals surface area contributed by atoms with Gasteiger partial charge in [0.1, 0.15) is 0 Å². The zero-order chi connectivity index (χ0) is 14.8. The van der Waals surface area contributed by atoms with Crippen LogP contribution in [0.25, 0.3) is 10.8 Å². The zero-order valence-corrected chi connectivity index (χ0v) is 11.2. The van der Waals surface area contributed by atoms with Gasteiger partial charge in [0.25, 0.3) is 5.91 Å². The summed E-state index contributed by atoms with van der Waals surface area (Å²) < 4.78 is 0. The van der Waals surface area contributed by atoms with Gasteiger partial charge in [0.05, 0.1) is 11.3 Å². The van der Waals surface area contributed by atoms with Crippen LogP contribution in [0.15, 0.2) is 60.7 Å². The topological polar surface area (TPSA) is 75.4 Å². The van der Waals surface area contributed by atoms with Crippen LogP contribution >= 0.6 is 0 Å². The molecule has 4 heteroatoms. The Labute approximate surface area is 121 Å². The third-order valence-corrected chi connectivity index (χ3v) is 3.35. The average Bonchev–Trinajstić information content (AvgIpc) is 2.50. The summed E-state index contributed by atoms with van der Waals surface area (Å²) in [4.78, 5) is 12.3. The molecule has 0 bridgehead atoms. The number of rotatable bonds is 2. The zero-order valence-electron chi connectivity index (χ0n) is 11.2. The first-order valence-electron chi connectivity index (χ1n) is 6.53. The lowest BCUT2D eigenvalue weighted by Crippen LogP contribution is -2.12. The summed E-state index contributed by atoms with van der Waals surface area (Å²) >= 11 is 0. The second-order valence-electron chi connectivity index (χ2n) is 4.72. The van der Waals surface area contributed by atoms with Gasteiger partial charge in [-0.2, -0.15) is 0 Å². The second-order valence-corrected chi connectivity index (χ2v) is 4.72. The van der Waals surface area contributed by atoms with E-state index in [1.807, 2.05) is 42.5 Å². The number of nitrogens with one attached hydrogen (secondary N) is 1. The van der Waals surface area contributed by atoms with Gasteiger partial charge in [0.2, 0.25) is 0 Å². The molecule has 0 aliphatic rings. The maximum Gasteiger partial charge on any atom is 0.259 e. The van der Waals surface area contributed by atoms with Crippen LogP contribution in [0.3, 0.4) is 0 Å². The lowest BCUT2D eigenvalue weighted by atomic mass is 10.1. The summed E-state index contributed by atoms with van der Waals surface area (Å²) in [6.45, 7) is 0. The van der Waals surface area contributed by atoms with Gasteiger partial charge in [-0.1, -0.05) is 42.5 Å². The SMILES string of the molecule is Nc1cccc(C(=O)Nc2cccc3ccccc23)c1O. The Kier molecular flexibility index (Phi) is 3.20. The highest BCUT2D eigenvalue weighted by atomic mass is 16.3. The summed E-state index contributed by atoms with van der Waals surface area (Å²) in [5, 5.41) is 14.7. The minimum absolute atomic E-state index is 0.155. The minimum atomic E-state index is -0.392. The third-order valence-electron chi connectivity index (χ3n) is 3.35. The van der Waals surface area contributed by atoms with Crippen LogP contribution in [0, 0.1) is 0 Å². The van der Waals surface area contributed by atoms with E-state index in [2.05, 4.69) is 5.32 Å². The van der Waals surface area contributed by atoms with E-state index >= 15 is 0 Å². The fourth-order valence-corrected chi connectivity index (χ4v) is 2.27. The quantitative estimate of drug-likeness (QED) is 0.497. The van der Waals surface area contributed by atoms with E-state index in [9.17, 15) is 9.90 Å². The number of para-hydroxylation sites is 1. The number of benzene rings is 3. The number of aromatic hydroxyl groups is 1. The number of nitrogen functional groups attached to an aromatic ring is 1. The van der Waals surface area contributed by atoms with Crippen molar-refractivity contribution < 1.29 is 9.90 Å². The number of carbonyl (C=O) groups excluding carboxylic acids is 1. The van der Waals surface area contributed by atoms with Crippen molar-refractivity contribution in [3.63, 3.8) is 0 Å². The lowest BCUT2D eigenvalue weighted by molar-refractivity contribution is 0.102. The predicted octanol–water partition coefficient (Wildman–Crippen LogP) is 3.38. The molecule has 3 rings (SSSR count). The molecule has 0 unspecified atom stereocenters. The molecule has 1 amide bonds. The molecule has 21 heavy (non-hydrogen) atoms. The number of anilines is 2. The number of hydrogen-bond donors (Lipinski definition) is 3. The van der Waals surface area contributed by atoms with Gasteiger partial charge in [0.15, 0.2) is 5.75 Å². The van der Waals surface area contributed by atoms with Crippen LogP contribution in [0.2, 0.25) is 0 Å². The molecule has 0 aromatic heterocycles. The van der Waals surface area contributed by atoms with Gasteiger partial charge in [-0.05, 0) is 23.6 Å². The predicted molar refractivity (Wildman–Crippen MR) is 84.4 cm³/mol. The first-order chi connectivity index (χ1) is 10.2. The van der Waals surface area contributed by atoms with Gasteiger partial charge in [-0.3, -0.25) is 4.79 Å². The minimum Gasteiger partial charge on any atom is -0.505 e. The molecule has 0 aliphatic heterocycles. The first kappa shape index (κ1) is 13.0. The number of amides is 1. The molecule has 0 saturated carbocycles. The van der Waals surface area contributed by atoms with Crippen molar-refractivity contribution in [2.24, 2.45) is 0 Å². The highest BCUT2D eigenvalue weighted by molar-refractivity contribution is 6.11. The van der Waals surface area contributed by atoms with Crippen molar-refractivity contribution >= 4 is 28.1 Å². The van der Waals surface area contributed by atoms with Crippen molar-refractivity contribution in [1.82, 2.24) is 0 Å². The standard InChI is InChI=1S/C17H14N2O2/c18-14-9-4-8-13(16(14)20)17(21)19-15-10-3-6-11-5-1-2-7-12(11)15/h1-10,20H,18H2,(H,19,21). The highest BCUT2D eigenvalue weighted by Crippen LogP contribution is 2.27. The molecule has 4 nitrogen and oxygen atoms in total. The number of phenols is 1. The van der Waals surface area contributed by atoms with Gasteiger partial charge < -0.3 is 16.2 Å². The van der Waals surface area contributed by atoms with Gasteiger partial charge in [-0.15, -0.1) is 0 Å². The molecule has 3 aromatic carbocycles. The van der Waals surface area contributed by atoms with Gasteiger partial charge in [0, 0.05) is 11.1 Å². The van der Waals surface area contributed by atoms with Gasteiger partial charge in [-0.25, -0.2) is 0 Å². The average molecular weight is 278 g/mol.